The minimum Gasteiger partial charge on any atom is -0.389 e. The lowest BCUT2D eigenvalue weighted by atomic mass is 9.85. The summed E-state index contributed by atoms with van der Waals surface area (Å²) < 4.78 is 1.92. The van der Waals surface area contributed by atoms with Crippen molar-refractivity contribution in [1.82, 2.24) is 15.1 Å². The molecule has 108 valence electrons. The van der Waals surface area contributed by atoms with Gasteiger partial charge in [-0.05, 0) is 18.9 Å². The van der Waals surface area contributed by atoms with Gasteiger partial charge in [-0.15, -0.1) is 0 Å². The van der Waals surface area contributed by atoms with Crippen molar-refractivity contribution in [2.45, 2.75) is 44.2 Å². The monoisotopic (exact) mass is 273 g/mol. The van der Waals surface area contributed by atoms with Crippen molar-refractivity contribution in [3.63, 3.8) is 0 Å². The van der Waals surface area contributed by atoms with Gasteiger partial charge in [0.25, 0.3) is 0 Å². The first-order valence-corrected chi connectivity index (χ1v) is 7.52. The van der Waals surface area contributed by atoms with Crippen LogP contribution in [0.4, 0.5) is 0 Å². The van der Waals surface area contributed by atoms with Crippen molar-refractivity contribution in [1.29, 1.82) is 0 Å². The largest absolute Gasteiger partial charge is 0.389 e. The predicted molar refractivity (Wildman–Crippen MR) is 80.5 cm³/mol. The van der Waals surface area contributed by atoms with E-state index in [1.165, 1.54) is 11.8 Å². The zero-order valence-corrected chi connectivity index (χ0v) is 12.1. The Bertz CT molecular complexity index is 584. The molecule has 1 saturated carbocycles. The molecule has 1 aliphatic rings. The number of aryl methyl sites for hydroxylation is 1. The van der Waals surface area contributed by atoms with Gasteiger partial charge in [-0.25, -0.2) is 0 Å². The van der Waals surface area contributed by atoms with Crippen molar-refractivity contribution in [2.24, 2.45) is 7.05 Å². The molecule has 1 aliphatic carbocycles. The van der Waals surface area contributed by atoms with E-state index >= 15 is 0 Å². The molecule has 0 unspecified atom stereocenters. The van der Waals surface area contributed by atoms with Gasteiger partial charge in [-0.1, -0.05) is 37.5 Å². The Hall–Kier alpha value is -1.39. The Morgan fingerprint density at radius 2 is 2.00 bits per heavy atom. The van der Waals surface area contributed by atoms with Crippen LogP contribution < -0.4 is 5.32 Å². The minimum absolute atomic E-state index is 0.511. The van der Waals surface area contributed by atoms with Gasteiger partial charge in [-0.2, -0.15) is 5.10 Å². The number of rotatable bonds is 4. The molecule has 2 N–H and O–H groups in total. The first-order valence-electron chi connectivity index (χ1n) is 7.52. The van der Waals surface area contributed by atoms with E-state index in [9.17, 15) is 5.11 Å². The quantitative estimate of drug-likeness (QED) is 0.899. The summed E-state index contributed by atoms with van der Waals surface area (Å²) in [5.74, 6) is 0. The molecule has 20 heavy (non-hydrogen) atoms. The summed E-state index contributed by atoms with van der Waals surface area (Å²) in [6.07, 6.45) is 5.38. The first-order chi connectivity index (χ1) is 9.68. The molecule has 1 aromatic heterocycles. The maximum absolute atomic E-state index is 10.5. The van der Waals surface area contributed by atoms with Gasteiger partial charge in [0.05, 0.1) is 16.8 Å². The van der Waals surface area contributed by atoms with Crippen LogP contribution in [-0.4, -0.2) is 27.0 Å². The number of para-hydroxylation sites is 1. The van der Waals surface area contributed by atoms with E-state index in [0.29, 0.717) is 13.1 Å². The van der Waals surface area contributed by atoms with Crippen molar-refractivity contribution in [3.05, 3.63) is 30.0 Å². The molecule has 1 fully saturated rings. The van der Waals surface area contributed by atoms with Crippen molar-refractivity contribution in [3.8, 4) is 0 Å². The van der Waals surface area contributed by atoms with Crippen molar-refractivity contribution in [2.75, 3.05) is 6.54 Å². The van der Waals surface area contributed by atoms with Crippen LogP contribution in [0.25, 0.3) is 10.9 Å². The number of hydrogen-bond acceptors (Lipinski definition) is 3. The standard InChI is InChI=1S/C16H23N3O/c1-19-15-8-4-3-7-13(15)14(18-19)11-17-12-16(20)9-5-2-6-10-16/h3-4,7-8,17,20H,2,5-6,9-12H2,1H3. The third-order valence-corrected chi connectivity index (χ3v) is 4.37. The smallest absolute Gasteiger partial charge is 0.0841 e. The summed E-state index contributed by atoms with van der Waals surface area (Å²) in [4.78, 5) is 0. The lowest BCUT2D eigenvalue weighted by molar-refractivity contribution is 0.00463. The van der Waals surface area contributed by atoms with Crippen molar-refractivity contribution >= 4 is 10.9 Å². The van der Waals surface area contributed by atoms with Crippen LogP contribution in [0.15, 0.2) is 24.3 Å². The molecular formula is C16H23N3O. The number of aromatic nitrogens is 2. The van der Waals surface area contributed by atoms with E-state index < -0.39 is 5.60 Å². The maximum Gasteiger partial charge on any atom is 0.0841 e. The van der Waals surface area contributed by atoms with Gasteiger partial charge >= 0.3 is 0 Å². The van der Waals surface area contributed by atoms with E-state index in [1.54, 1.807) is 0 Å². The second-order valence-corrected chi connectivity index (χ2v) is 5.98. The molecule has 0 saturated heterocycles. The number of nitrogens with zero attached hydrogens (tertiary/aromatic N) is 2. The molecule has 0 spiro atoms. The van der Waals surface area contributed by atoms with Crippen LogP contribution in [0.5, 0.6) is 0 Å². The summed E-state index contributed by atoms with van der Waals surface area (Å²) >= 11 is 0. The minimum atomic E-state index is -0.511. The number of hydrogen-bond donors (Lipinski definition) is 2. The molecule has 0 atom stereocenters. The van der Waals surface area contributed by atoms with E-state index in [-0.39, 0.29) is 0 Å². The fourth-order valence-corrected chi connectivity index (χ4v) is 3.22. The Kier molecular flexibility index (Phi) is 3.76. The Morgan fingerprint density at radius 3 is 2.80 bits per heavy atom. The van der Waals surface area contributed by atoms with Gasteiger partial charge < -0.3 is 10.4 Å². The summed E-state index contributed by atoms with van der Waals surface area (Å²) in [5, 5.41) is 19.6. The SMILES string of the molecule is Cn1nc(CNCC2(O)CCCCC2)c2ccccc21. The third-order valence-electron chi connectivity index (χ3n) is 4.37. The van der Waals surface area contributed by atoms with E-state index in [2.05, 4.69) is 22.5 Å². The zero-order valence-electron chi connectivity index (χ0n) is 12.1. The Balaban J connectivity index is 1.65. The van der Waals surface area contributed by atoms with E-state index in [4.69, 9.17) is 0 Å². The Morgan fingerprint density at radius 1 is 1.25 bits per heavy atom. The highest BCUT2D eigenvalue weighted by molar-refractivity contribution is 5.81. The van der Waals surface area contributed by atoms with Crippen LogP contribution in [-0.2, 0) is 13.6 Å². The van der Waals surface area contributed by atoms with E-state index in [0.717, 1.165) is 36.9 Å². The first kappa shape index (κ1) is 13.6. The van der Waals surface area contributed by atoms with Gasteiger partial charge in [-0.3, -0.25) is 4.68 Å². The average Bonchev–Trinajstić information content (AvgIpc) is 2.77. The molecule has 3 rings (SSSR count). The predicted octanol–water partition coefficient (Wildman–Crippen LogP) is 2.36. The summed E-state index contributed by atoms with van der Waals surface area (Å²) in [5.41, 5.74) is 1.70. The van der Waals surface area contributed by atoms with Crippen LogP contribution >= 0.6 is 0 Å². The molecule has 0 amide bonds. The molecule has 1 aromatic carbocycles. The average molecular weight is 273 g/mol. The van der Waals surface area contributed by atoms with Crippen LogP contribution in [0.2, 0.25) is 0 Å². The van der Waals surface area contributed by atoms with E-state index in [1.807, 2.05) is 23.9 Å². The molecule has 0 bridgehead atoms. The summed E-state index contributed by atoms with van der Waals surface area (Å²) in [6.45, 7) is 1.38. The van der Waals surface area contributed by atoms with Crippen LogP contribution in [0, 0.1) is 0 Å². The summed E-state index contributed by atoms with van der Waals surface area (Å²) in [6, 6.07) is 8.27. The molecule has 4 heteroatoms. The normalized spacial score (nSPS) is 18.5. The molecule has 0 aliphatic heterocycles. The lowest BCUT2D eigenvalue weighted by Gasteiger charge is -2.32. The maximum atomic E-state index is 10.5. The molecule has 4 nitrogen and oxygen atoms in total. The summed E-state index contributed by atoms with van der Waals surface area (Å²) in [7, 11) is 1.97. The second-order valence-electron chi connectivity index (χ2n) is 5.98. The van der Waals surface area contributed by atoms with Crippen LogP contribution in [0.3, 0.4) is 0 Å². The number of nitrogens with one attached hydrogen (secondary N) is 1. The fourth-order valence-electron chi connectivity index (χ4n) is 3.22. The van der Waals surface area contributed by atoms with Gasteiger partial charge in [0, 0.05) is 25.5 Å². The van der Waals surface area contributed by atoms with Gasteiger partial charge in [0.1, 0.15) is 0 Å². The molecule has 1 heterocycles. The number of fused-ring (bicyclic) bond motifs is 1. The van der Waals surface area contributed by atoms with Gasteiger partial charge in [0.2, 0.25) is 0 Å². The highest BCUT2D eigenvalue weighted by Gasteiger charge is 2.28. The molecular weight excluding hydrogens is 250 g/mol. The Labute approximate surface area is 119 Å². The molecule has 2 aromatic rings. The number of aliphatic hydroxyl groups is 1. The highest BCUT2D eigenvalue weighted by atomic mass is 16.3. The lowest BCUT2D eigenvalue weighted by Crippen LogP contribution is -2.41. The third kappa shape index (κ3) is 2.72. The van der Waals surface area contributed by atoms with Crippen molar-refractivity contribution < 1.29 is 5.11 Å². The van der Waals surface area contributed by atoms with Crippen LogP contribution in [0.1, 0.15) is 37.8 Å². The topological polar surface area (TPSA) is 50.1 Å². The zero-order chi connectivity index (χ0) is 14.0. The highest BCUT2D eigenvalue weighted by Crippen LogP contribution is 2.27. The number of benzene rings is 1. The fraction of sp³-hybridized carbons (Fsp3) is 0.562. The second kappa shape index (κ2) is 5.54. The molecule has 0 radical (unpaired) electrons. The van der Waals surface area contributed by atoms with Gasteiger partial charge in [0.15, 0.2) is 0 Å².